The minimum Gasteiger partial charge on any atom is -0.453 e. The van der Waals surface area contributed by atoms with Crippen molar-refractivity contribution in [3.63, 3.8) is 0 Å². The van der Waals surface area contributed by atoms with Crippen molar-refractivity contribution in [2.45, 2.75) is 115 Å². The van der Waals surface area contributed by atoms with E-state index >= 15 is 0 Å². The highest BCUT2D eigenvalue weighted by Crippen LogP contribution is 2.56. The van der Waals surface area contributed by atoms with Gasteiger partial charge in [-0.15, -0.1) is 0 Å². The summed E-state index contributed by atoms with van der Waals surface area (Å²) >= 11 is 0. The fourth-order valence-corrected chi connectivity index (χ4v) is 11.8. The van der Waals surface area contributed by atoms with E-state index in [2.05, 4.69) is 75.2 Å². The van der Waals surface area contributed by atoms with Crippen LogP contribution in [0.5, 0.6) is 0 Å². The average molecular weight is 881 g/mol. The van der Waals surface area contributed by atoms with Gasteiger partial charge in [0.1, 0.15) is 23.7 Å². The number of hydrogen-bond donors (Lipinski definition) is 4. The zero-order chi connectivity index (χ0) is 45.3. The van der Waals surface area contributed by atoms with E-state index in [9.17, 15) is 19.2 Å². The van der Waals surface area contributed by atoms with Crippen molar-refractivity contribution in [3.8, 4) is 33.5 Å². The van der Waals surface area contributed by atoms with Gasteiger partial charge in [-0.05, 0) is 132 Å². The molecule has 14 nitrogen and oxygen atoms in total. The van der Waals surface area contributed by atoms with E-state index in [1.807, 2.05) is 43.7 Å². The molecule has 4 heterocycles. The van der Waals surface area contributed by atoms with Crippen LogP contribution in [0.2, 0.25) is 0 Å². The number of methoxy groups -OCH3 is 2. The van der Waals surface area contributed by atoms with Crippen molar-refractivity contribution >= 4 is 35.0 Å². The normalized spacial score (nSPS) is 23.9. The molecule has 3 aromatic carbocycles. The molecule has 65 heavy (non-hydrogen) atoms. The van der Waals surface area contributed by atoms with Crippen molar-refractivity contribution in [2.24, 2.45) is 23.7 Å². The van der Waals surface area contributed by atoms with E-state index in [-0.39, 0.29) is 41.8 Å². The third kappa shape index (κ3) is 7.52. The van der Waals surface area contributed by atoms with Crippen LogP contribution < -0.4 is 10.6 Å². The van der Waals surface area contributed by atoms with Crippen molar-refractivity contribution in [2.75, 3.05) is 20.8 Å². The molecule has 3 aliphatic carbocycles. The van der Waals surface area contributed by atoms with Gasteiger partial charge in [0.15, 0.2) is 0 Å². The second kappa shape index (κ2) is 17.0. The minimum absolute atomic E-state index is 0.0817. The molecule has 8 atom stereocenters. The lowest BCUT2D eigenvalue weighted by Crippen LogP contribution is -2.54. The summed E-state index contributed by atoms with van der Waals surface area (Å²) in [5, 5.41) is 5.52. The lowest BCUT2D eigenvalue weighted by molar-refractivity contribution is -0.139. The highest BCUT2D eigenvalue weighted by Gasteiger charge is 2.51. The molecule has 4 N–H and O–H groups in total. The summed E-state index contributed by atoms with van der Waals surface area (Å²) in [6.07, 6.45) is 8.79. The zero-order valence-corrected chi connectivity index (χ0v) is 38.1. The first-order chi connectivity index (χ1) is 31.4. The number of fused-ring (bicyclic) bond motifs is 6. The highest BCUT2D eigenvalue weighted by molar-refractivity contribution is 5.89. The Balaban J connectivity index is 0.893. The standard InChI is InChI=1S/C51H60N8O6/c1-26(2)43(56-50(62)64-5)48(60)58-21-7-8-41(58)46-53-38-20-15-31(24-39(38)54-46)36-19-18-34(37-23-30-14-17-35(30)42(36)37)28-9-11-29(12-10-28)40-25-52-47(55-40)45-32-13-16-33(22-32)59(45)49(61)44(27(3)4)57-51(63)65-6/h9-12,15,18-20,24-27,30,32-33,35,41,43-45H,7-8,13-14,16-17,21-23H2,1-6H3,(H,52,55)(H,53,54)(H,56,62)(H,57,63)/t30?,32?,33?,35?,41-,43-,44?,45-/m0/s1. The van der Waals surface area contributed by atoms with Gasteiger partial charge in [0.25, 0.3) is 0 Å². The summed E-state index contributed by atoms with van der Waals surface area (Å²) < 4.78 is 9.68. The molecule has 2 aromatic heterocycles. The summed E-state index contributed by atoms with van der Waals surface area (Å²) in [7, 11) is 2.62. The molecular weight excluding hydrogens is 821 g/mol. The second-order valence-corrected chi connectivity index (χ2v) is 19.6. The van der Waals surface area contributed by atoms with Crippen LogP contribution in [0.3, 0.4) is 0 Å². The van der Waals surface area contributed by atoms with Gasteiger partial charge in [0.05, 0.1) is 49.2 Å². The number of aromatic nitrogens is 4. The Bertz CT molecular complexity index is 2650. The Morgan fingerprint density at radius 2 is 1.42 bits per heavy atom. The van der Waals surface area contributed by atoms with E-state index in [0.29, 0.717) is 24.3 Å². The third-order valence-electron chi connectivity index (χ3n) is 15.3. The molecule has 2 saturated heterocycles. The quantitative estimate of drug-likeness (QED) is 0.102. The number of piperidine rings is 1. The van der Waals surface area contributed by atoms with Crippen molar-refractivity contribution in [3.05, 3.63) is 83.6 Å². The number of H-pyrrole nitrogens is 2. The van der Waals surface area contributed by atoms with Crippen LogP contribution >= 0.6 is 0 Å². The van der Waals surface area contributed by atoms with E-state index < -0.39 is 24.3 Å². The molecule has 2 saturated carbocycles. The largest absolute Gasteiger partial charge is 0.453 e. The molecule has 14 heteroatoms. The van der Waals surface area contributed by atoms with Crippen LogP contribution in [0.4, 0.5) is 9.59 Å². The fraction of sp³-hybridized carbons (Fsp3) is 0.490. The molecule has 2 aliphatic heterocycles. The van der Waals surface area contributed by atoms with Gasteiger partial charge in [-0.25, -0.2) is 19.6 Å². The maximum Gasteiger partial charge on any atom is 0.407 e. The minimum atomic E-state index is -0.687. The van der Waals surface area contributed by atoms with E-state index in [1.165, 1.54) is 54.9 Å². The smallest absolute Gasteiger partial charge is 0.407 e. The number of ether oxygens (including phenoxy) is 2. The molecule has 5 unspecified atom stereocenters. The monoisotopic (exact) mass is 880 g/mol. The van der Waals surface area contributed by atoms with Gasteiger partial charge in [0.2, 0.25) is 11.8 Å². The molecular formula is C51H60N8O6. The number of aromatic amines is 2. The van der Waals surface area contributed by atoms with Gasteiger partial charge in [-0.3, -0.25) is 9.59 Å². The number of likely N-dealkylation sites (tertiary alicyclic amines) is 2. The lowest BCUT2D eigenvalue weighted by Gasteiger charge is -2.37. The van der Waals surface area contributed by atoms with Crippen LogP contribution in [0.25, 0.3) is 44.5 Å². The number of benzene rings is 3. The van der Waals surface area contributed by atoms with Crippen LogP contribution in [-0.4, -0.2) is 92.6 Å². The second-order valence-electron chi connectivity index (χ2n) is 19.6. The van der Waals surface area contributed by atoms with Crippen molar-refractivity contribution in [1.29, 1.82) is 0 Å². The molecule has 4 fully saturated rings. The molecule has 2 bridgehead atoms. The van der Waals surface area contributed by atoms with Gasteiger partial charge >= 0.3 is 12.2 Å². The van der Waals surface area contributed by atoms with Gasteiger partial charge in [0, 0.05) is 12.6 Å². The number of alkyl carbamates (subject to hydrolysis) is 2. The number of hydrogen-bond acceptors (Lipinski definition) is 8. The van der Waals surface area contributed by atoms with Gasteiger partial charge in [-0.2, -0.15) is 0 Å². The first-order valence-electron chi connectivity index (χ1n) is 23.6. The van der Waals surface area contributed by atoms with Crippen LogP contribution in [-0.2, 0) is 25.5 Å². The molecule has 10 rings (SSSR count). The Hall–Kier alpha value is -6.18. The Kier molecular flexibility index (Phi) is 11.2. The van der Waals surface area contributed by atoms with Crippen LogP contribution in [0, 0.1) is 23.7 Å². The summed E-state index contributed by atoms with van der Waals surface area (Å²) in [5.74, 6) is 2.68. The summed E-state index contributed by atoms with van der Waals surface area (Å²) in [6.45, 7) is 8.33. The third-order valence-corrected chi connectivity index (χ3v) is 15.3. The predicted molar refractivity (Wildman–Crippen MR) is 246 cm³/mol. The zero-order valence-electron chi connectivity index (χ0n) is 38.1. The number of rotatable bonds is 11. The van der Waals surface area contributed by atoms with Gasteiger partial charge < -0.3 is 39.9 Å². The Morgan fingerprint density at radius 1 is 0.738 bits per heavy atom. The number of amides is 4. The van der Waals surface area contributed by atoms with Crippen LogP contribution in [0.1, 0.15) is 113 Å². The maximum atomic E-state index is 14.1. The highest BCUT2D eigenvalue weighted by atomic mass is 16.5. The first-order valence-corrected chi connectivity index (χ1v) is 23.6. The van der Waals surface area contributed by atoms with E-state index in [0.717, 1.165) is 78.0 Å². The number of imidazole rings is 2. The summed E-state index contributed by atoms with van der Waals surface area (Å²) in [5.41, 5.74) is 11.6. The molecule has 4 amide bonds. The van der Waals surface area contributed by atoms with Crippen molar-refractivity contribution in [1.82, 2.24) is 40.4 Å². The molecule has 0 radical (unpaired) electrons. The number of carbonyl (C=O) groups is 4. The number of nitrogens with zero attached hydrogens (tertiary/aromatic N) is 4. The van der Waals surface area contributed by atoms with E-state index in [4.69, 9.17) is 19.4 Å². The first kappa shape index (κ1) is 42.8. The summed E-state index contributed by atoms with van der Waals surface area (Å²) in [4.78, 5) is 73.1. The van der Waals surface area contributed by atoms with Crippen LogP contribution in [0.15, 0.2) is 60.8 Å². The topological polar surface area (TPSA) is 175 Å². The predicted octanol–water partition coefficient (Wildman–Crippen LogP) is 8.81. The average Bonchev–Trinajstić information content (AvgIpc) is 4.17. The summed E-state index contributed by atoms with van der Waals surface area (Å²) in [6, 6.07) is 18.2. The Morgan fingerprint density at radius 3 is 2.11 bits per heavy atom. The molecule has 0 spiro atoms. The SMILES string of the molecule is COC(=O)NC(C(=O)N1C2CCC(C2)[C@H]1c1ncc(-c2ccc(-c3ccc(-c4ccc5nc([C@@H]6CCCN6C(=O)[C@@H](NC(=O)OC)C(C)C)[nH]c5c4)c4c3CC3CCC43)cc2)[nH]1)C(C)C. The molecule has 5 aromatic rings. The maximum absolute atomic E-state index is 14.1. The fourth-order valence-electron chi connectivity index (χ4n) is 11.8. The number of carbonyl (C=O) groups excluding carboxylic acids is 4. The lowest BCUT2D eigenvalue weighted by atomic mass is 9.73. The Labute approximate surface area is 379 Å². The molecule has 5 aliphatic rings. The number of nitrogens with one attached hydrogen (secondary N) is 4. The van der Waals surface area contributed by atoms with Gasteiger partial charge in [-0.1, -0.05) is 70.2 Å². The molecule has 340 valence electrons. The van der Waals surface area contributed by atoms with E-state index in [1.54, 1.807) is 0 Å². The van der Waals surface area contributed by atoms with Crippen molar-refractivity contribution < 1.29 is 28.7 Å².